The molecule has 1 aromatic carbocycles. The number of hydrogen-bond acceptors (Lipinski definition) is 6. The van der Waals surface area contributed by atoms with Gasteiger partial charge in [-0.25, -0.2) is 8.42 Å². The van der Waals surface area contributed by atoms with Crippen LogP contribution in [-0.4, -0.2) is 35.2 Å². The van der Waals surface area contributed by atoms with Crippen LogP contribution < -0.4 is 10.0 Å². The molecule has 0 saturated heterocycles. The Morgan fingerprint density at radius 1 is 1.21 bits per heavy atom. The average Bonchev–Trinajstić information content (AvgIpc) is 3.12. The van der Waals surface area contributed by atoms with Gasteiger partial charge in [-0.05, 0) is 36.3 Å². The smallest absolute Gasteiger partial charge is 0.243 e. The standard InChI is InChI=1S/C19H28N4O3S2/c1-11(2)17(19(24)20-14-8-5-7-12(3)13(14)4)23-28(25,26)16-10-6-9-15-18(16)22-27-21-15/h6,9-14,17,23H,5,7-8H2,1-4H3,(H,20,24)/t12-,13+,14-,17+/m1/s1. The SMILES string of the molecule is CC(C)[C@H](NS(=O)(=O)c1cccc2nsnc12)C(=O)N[C@@H]1CCC[C@@H](C)[C@@H]1C. The van der Waals surface area contributed by atoms with Gasteiger partial charge in [-0.3, -0.25) is 4.79 Å². The summed E-state index contributed by atoms with van der Waals surface area (Å²) in [6.45, 7) is 8.03. The van der Waals surface area contributed by atoms with Crippen molar-refractivity contribution in [2.75, 3.05) is 0 Å². The molecule has 1 aliphatic carbocycles. The fourth-order valence-electron chi connectivity index (χ4n) is 3.78. The predicted molar refractivity (Wildman–Crippen MR) is 110 cm³/mol. The van der Waals surface area contributed by atoms with Crippen molar-refractivity contribution in [1.82, 2.24) is 18.8 Å². The Balaban J connectivity index is 1.80. The van der Waals surface area contributed by atoms with Gasteiger partial charge < -0.3 is 5.32 Å². The number of hydrogen-bond donors (Lipinski definition) is 2. The number of fused-ring (bicyclic) bond motifs is 1. The average molecular weight is 425 g/mol. The molecule has 1 heterocycles. The van der Waals surface area contributed by atoms with Crippen molar-refractivity contribution in [3.05, 3.63) is 18.2 Å². The first kappa shape index (κ1) is 21.1. The minimum absolute atomic E-state index is 0.0526. The highest BCUT2D eigenvalue weighted by molar-refractivity contribution is 7.89. The summed E-state index contributed by atoms with van der Waals surface area (Å²) in [4.78, 5) is 13.0. The Labute approximate surface area is 170 Å². The molecule has 0 spiro atoms. The molecule has 3 rings (SSSR count). The monoisotopic (exact) mass is 424 g/mol. The van der Waals surface area contributed by atoms with E-state index in [1.54, 1.807) is 12.1 Å². The van der Waals surface area contributed by atoms with Gasteiger partial charge in [-0.2, -0.15) is 13.5 Å². The van der Waals surface area contributed by atoms with Gasteiger partial charge in [-0.1, -0.05) is 46.6 Å². The fraction of sp³-hybridized carbons (Fsp3) is 0.632. The van der Waals surface area contributed by atoms with Crippen molar-refractivity contribution in [3.63, 3.8) is 0 Å². The van der Waals surface area contributed by atoms with E-state index in [1.165, 1.54) is 12.5 Å². The molecule has 2 aromatic rings. The number of amides is 1. The van der Waals surface area contributed by atoms with E-state index in [0.29, 0.717) is 22.9 Å². The minimum Gasteiger partial charge on any atom is -0.352 e. The van der Waals surface area contributed by atoms with E-state index in [1.807, 2.05) is 13.8 Å². The molecule has 0 unspecified atom stereocenters. The van der Waals surface area contributed by atoms with Gasteiger partial charge in [0.25, 0.3) is 0 Å². The Morgan fingerprint density at radius 3 is 2.68 bits per heavy atom. The molecule has 154 valence electrons. The van der Waals surface area contributed by atoms with E-state index < -0.39 is 16.1 Å². The molecule has 0 bridgehead atoms. The number of rotatable bonds is 6. The number of carbonyl (C=O) groups excluding carboxylic acids is 1. The van der Waals surface area contributed by atoms with Crippen LogP contribution in [0.1, 0.15) is 47.0 Å². The van der Waals surface area contributed by atoms with E-state index >= 15 is 0 Å². The quantitative estimate of drug-likeness (QED) is 0.742. The van der Waals surface area contributed by atoms with Gasteiger partial charge in [0.15, 0.2) is 0 Å². The van der Waals surface area contributed by atoms with Crippen molar-refractivity contribution in [2.24, 2.45) is 17.8 Å². The molecule has 1 aromatic heterocycles. The van der Waals surface area contributed by atoms with Gasteiger partial charge in [0, 0.05) is 6.04 Å². The lowest BCUT2D eigenvalue weighted by Crippen LogP contribution is -2.54. The second-order valence-electron chi connectivity index (χ2n) is 8.11. The summed E-state index contributed by atoms with van der Waals surface area (Å²) in [5.41, 5.74) is 0.862. The molecular weight excluding hydrogens is 396 g/mol. The zero-order chi connectivity index (χ0) is 20.5. The first-order valence-electron chi connectivity index (χ1n) is 9.74. The van der Waals surface area contributed by atoms with Crippen LogP contribution in [0.3, 0.4) is 0 Å². The van der Waals surface area contributed by atoms with Gasteiger partial charge in [0.1, 0.15) is 22.0 Å². The largest absolute Gasteiger partial charge is 0.352 e. The molecule has 28 heavy (non-hydrogen) atoms. The number of nitrogens with zero attached hydrogens (tertiary/aromatic N) is 2. The van der Waals surface area contributed by atoms with E-state index in [9.17, 15) is 13.2 Å². The Kier molecular flexibility index (Phi) is 6.36. The molecule has 0 radical (unpaired) electrons. The third-order valence-electron chi connectivity index (χ3n) is 5.80. The van der Waals surface area contributed by atoms with Crippen LogP contribution in [0.25, 0.3) is 11.0 Å². The summed E-state index contributed by atoms with van der Waals surface area (Å²) in [6, 6.07) is 4.07. The lowest BCUT2D eigenvalue weighted by Gasteiger charge is -2.35. The topological polar surface area (TPSA) is 101 Å². The fourth-order valence-corrected chi connectivity index (χ4v) is 5.89. The zero-order valence-electron chi connectivity index (χ0n) is 16.7. The van der Waals surface area contributed by atoms with Crippen LogP contribution in [0, 0.1) is 17.8 Å². The van der Waals surface area contributed by atoms with Crippen molar-refractivity contribution in [2.45, 2.75) is 63.9 Å². The summed E-state index contributed by atoms with van der Waals surface area (Å²) in [5, 5.41) is 3.09. The molecule has 1 saturated carbocycles. The summed E-state index contributed by atoms with van der Waals surface area (Å²) >= 11 is 0.967. The number of aromatic nitrogens is 2. The highest BCUT2D eigenvalue weighted by atomic mass is 32.2. The molecular formula is C19H28N4O3S2. The van der Waals surface area contributed by atoms with E-state index in [-0.39, 0.29) is 22.8 Å². The molecule has 7 nitrogen and oxygen atoms in total. The highest BCUT2D eigenvalue weighted by Gasteiger charge is 2.34. The van der Waals surface area contributed by atoms with Gasteiger partial charge in [0.05, 0.1) is 11.7 Å². The molecule has 0 aliphatic heterocycles. The van der Waals surface area contributed by atoms with Crippen LogP contribution in [0.2, 0.25) is 0 Å². The number of nitrogens with one attached hydrogen (secondary N) is 2. The van der Waals surface area contributed by atoms with Crippen molar-refractivity contribution in [1.29, 1.82) is 0 Å². The maximum Gasteiger partial charge on any atom is 0.243 e. The van der Waals surface area contributed by atoms with Gasteiger partial charge >= 0.3 is 0 Å². The Morgan fingerprint density at radius 2 is 1.96 bits per heavy atom. The van der Waals surface area contributed by atoms with E-state index in [4.69, 9.17) is 0 Å². The van der Waals surface area contributed by atoms with Crippen LogP contribution in [0.4, 0.5) is 0 Å². The minimum atomic E-state index is -3.92. The molecule has 1 fully saturated rings. The van der Waals surface area contributed by atoms with Crippen LogP contribution in [0.15, 0.2) is 23.1 Å². The highest BCUT2D eigenvalue weighted by Crippen LogP contribution is 2.29. The molecule has 4 atom stereocenters. The lowest BCUT2D eigenvalue weighted by molar-refractivity contribution is -0.125. The third-order valence-corrected chi connectivity index (χ3v) is 7.82. The predicted octanol–water partition coefficient (Wildman–Crippen LogP) is 2.94. The van der Waals surface area contributed by atoms with Gasteiger partial charge in [-0.15, -0.1) is 0 Å². The molecule has 1 aliphatic rings. The zero-order valence-corrected chi connectivity index (χ0v) is 18.3. The van der Waals surface area contributed by atoms with Crippen molar-refractivity contribution >= 4 is 38.7 Å². The summed E-state index contributed by atoms with van der Waals surface area (Å²) < 4.78 is 36.8. The maximum atomic E-state index is 13.0. The maximum absolute atomic E-state index is 13.0. The van der Waals surface area contributed by atoms with E-state index in [0.717, 1.165) is 24.6 Å². The second kappa shape index (κ2) is 8.42. The Bertz CT molecular complexity index is 942. The lowest BCUT2D eigenvalue weighted by atomic mass is 9.78. The van der Waals surface area contributed by atoms with Crippen LogP contribution in [-0.2, 0) is 14.8 Å². The van der Waals surface area contributed by atoms with E-state index in [2.05, 4.69) is 32.6 Å². The Hall–Kier alpha value is -1.58. The summed E-state index contributed by atoms with van der Waals surface area (Å²) in [6.07, 6.45) is 3.17. The number of benzene rings is 1. The van der Waals surface area contributed by atoms with Crippen LogP contribution in [0.5, 0.6) is 0 Å². The first-order valence-corrected chi connectivity index (χ1v) is 12.0. The third kappa shape index (κ3) is 4.36. The molecule has 2 N–H and O–H groups in total. The number of sulfonamides is 1. The van der Waals surface area contributed by atoms with Crippen molar-refractivity contribution in [3.8, 4) is 0 Å². The van der Waals surface area contributed by atoms with Crippen molar-refractivity contribution < 1.29 is 13.2 Å². The summed E-state index contributed by atoms with van der Waals surface area (Å²) in [7, 11) is -3.92. The normalized spacial score (nSPS) is 24.4. The van der Waals surface area contributed by atoms with Crippen LogP contribution >= 0.6 is 11.7 Å². The summed E-state index contributed by atoms with van der Waals surface area (Å²) in [5.74, 6) is 0.451. The van der Waals surface area contributed by atoms with Gasteiger partial charge in [0.2, 0.25) is 15.9 Å². The molecule has 1 amide bonds. The molecule has 9 heteroatoms. The second-order valence-corrected chi connectivity index (χ2v) is 10.3. The number of carbonyl (C=O) groups is 1. The first-order chi connectivity index (χ1) is 13.2.